The number of alkyl halides is 3. The summed E-state index contributed by atoms with van der Waals surface area (Å²) in [6.45, 7) is -1.15. The number of rotatable bonds is 6. The number of hydrogen-bond acceptors (Lipinski definition) is 9. The third-order valence-electron chi connectivity index (χ3n) is 8.52. The molecule has 0 aliphatic heterocycles. The first kappa shape index (κ1) is 30.3. The second-order valence-electron chi connectivity index (χ2n) is 11.4. The van der Waals surface area contributed by atoms with Crippen LogP contribution in [0.1, 0.15) is 23.1 Å². The summed E-state index contributed by atoms with van der Waals surface area (Å²) in [7, 11) is 3.04. The molecule has 3 aliphatic rings. The molecule has 1 amide bonds. The molecule has 1 fully saturated rings. The van der Waals surface area contributed by atoms with E-state index in [4.69, 9.17) is 5.73 Å². The van der Waals surface area contributed by atoms with Gasteiger partial charge in [0, 0.05) is 18.0 Å². The van der Waals surface area contributed by atoms with Gasteiger partial charge in [0.1, 0.15) is 22.8 Å². The van der Waals surface area contributed by atoms with Gasteiger partial charge in [0.25, 0.3) is 5.91 Å². The molecule has 3 aliphatic carbocycles. The van der Waals surface area contributed by atoms with E-state index in [1.807, 2.05) is 0 Å². The zero-order valence-corrected chi connectivity index (χ0v) is 23.2. The van der Waals surface area contributed by atoms with Crippen LogP contribution in [0.25, 0.3) is 16.9 Å². The van der Waals surface area contributed by atoms with Crippen LogP contribution < -0.4 is 11.1 Å². The molecular weight excluding hydrogens is 571 g/mol. The maximum atomic E-state index is 13.9. The van der Waals surface area contributed by atoms with Crippen LogP contribution in [-0.4, -0.2) is 81.3 Å². The van der Waals surface area contributed by atoms with E-state index in [1.54, 1.807) is 30.3 Å². The zero-order valence-electron chi connectivity index (χ0n) is 23.2. The number of nitrogens with zero attached hydrogens (tertiary/aromatic N) is 1. The van der Waals surface area contributed by atoms with Crippen molar-refractivity contribution in [1.82, 2.24) is 10.2 Å². The lowest BCUT2D eigenvalue weighted by molar-refractivity contribution is -0.153. The first-order chi connectivity index (χ1) is 20.1. The van der Waals surface area contributed by atoms with E-state index >= 15 is 0 Å². The molecule has 0 unspecified atom stereocenters. The smallest absolute Gasteiger partial charge is 0.401 e. The average molecular weight is 602 g/mol. The number of carbonyl (C=O) groups is 3. The number of fused-ring (bicyclic) bond motifs is 3. The number of benzene rings is 2. The Labute approximate surface area is 243 Å². The van der Waals surface area contributed by atoms with Crippen molar-refractivity contribution >= 4 is 23.2 Å². The van der Waals surface area contributed by atoms with Gasteiger partial charge in [-0.05, 0) is 61.2 Å². The molecule has 13 heteroatoms. The maximum Gasteiger partial charge on any atom is 0.401 e. The van der Waals surface area contributed by atoms with Crippen molar-refractivity contribution in [3.63, 3.8) is 0 Å². The van der Waals surface area contributed by atoms with Gasteiger partial charge in [0.2, 0.25) is 5.78 Å². The van der Waals surface area contributed by atoms with Crippen LogP contribution in [-0.2, 0) is 27.3 Å². The molecule has 4 atom stereocenters. The third kappa shape index (κ3) is 4.86. The highest BCUT2D eigenvalue weighted by Crippen LogP contribution is 2.53. The predicted molar refractivity (Wildman–Crippen MR) is 147 cm³/mol. The van der Waals surface area contributed by atoms with E-state index in [-0.39, 0.29) is 36.3 Å². The summed E-state index contributed by atoms with van der Waals surface area (Å²) in [6, 6.07) is 8.41. The quantitative estimate of drug-likeness (QED) is 0.272. The number of hydrogen-bond donors (Lipinski definition) is 6. The van der Waals surface area contributed by atoms with Crippen LogP contribution >= 0.6 is 0 Å². The summed E-state index contributed by atoms with van der Waals surface area (Å²) < 4.78 is 37.4. The fourth-order valence-electron chi connectivity index (χ4n) is 6.67. The summed E-state index contributed by atoms with van der Waals surface area (Å²) in [5.74, 6) is -7.31. The van der Waals surface area contributed by atoms with E-state index in [2.05, 4.69) is 5.32 Å². The number of likely N-dealkylation sites (N-methyl/N-ethyl adjacent to an activating group) is 1. The minimum atomic E-state index is -4.34. The van der Waals surface area contributed by atoms with E-state index in [1.165, 1.54) is 25.1 Å². The molecule has 0 spiro atoms. The van der Waals surface area contributed by atoms with Crippen molar-refractivity contribution in [3.8, 4) is 16.9 Å². The highest BCUT2D eigenvalue weighted by molar-refractivity contribution is 6.24. The number of halogens is 3. The van der Waals surface area contributed by atoms with Gasteiger partial charge < -0.3 is 31.5 Å². The molecule has 1 saturated carbocycles. The van der Waals surface area contributed by atoms with Gasteiger partial charge in [-0.3, -0.25) is 19.3 Å². The number of aromatic hydroxyl groups is 1. The minimum Gasteiger partial charge on any atom is -0.508 e. The number of Topliss-reactive ketones (excluding diaryl/α,β-unsaturated/α-hetero) is 2. The van der Waals surface area contributed by atoms with E-state index < -0.39 is 70.8 Å². The molecule has 2 aromatic carbocycles. The van der Waals surface area contributed by atoms with Gasteiger partial charge in [-0.25, -0.2) is 0 Å². The summed E-state index contributed by atoms with van der Waals surface area (Å²) in [6.07, 6.45) is -4.29. The number of ketones is 2. The van der Waals surface area contributed by atoms with Gasteiger partial charge in [-0.2, -0.15) is 13.2 Å². The minimum absolute atomic E-state index is 0.0145. The number of aliphatic hydroxyl groups is 3. The Balaban J connectivity index is 1.58. The molecule has 7 N–H and O–H groups in total. The summed E-state index contributed by atoms with van der Waals surface area (Å²) in [5.41, 5.74) is 3.72. The van der Waals surface area contributed by atoms with Crippen molar-refractivity contribution < 1.29 is 48.0 Å². The normalized spacial score (nSPS) is 25.5. The lowest BCUT2D eigenvalue weighted by Gasteiger charge is -2.50. The monoisotopic (exact) mass is 601 g/mol. The van der Waals surface area contributed by atoms with Crippen LogP contribution in [0.5, 0.6) is 5.75 Å². The Morgan fingerprint density at radius 2 is 1.74 bits per heavy atom. The first-order valence-electron chi connectivity index (χ1n) is 13.4. The van der Waals surface area contributed by atoms with Crippen LogP contribution in [0.3, 0.4) is 0 Å². The Morgan fingerprint density at radius 1 is 1.09 bits per heavy atom. The highest BCUT2D eigenvalue weighted by atomic mass is 19.4. The zero-order chi connectivity index (χ0) is 31.6. The number of primary amides is 1. The van der Waals surface area contributed by atoms with Gasteiger partial charge in [0.05, 0.1) is 18.2 Å². The van der Waals surface area contributed by atoms with Crippen LogP contribution in [0.15, 0.2) is 53.3 Å². The van der Waals surface area contributed by atoms with Gasteiger partial charge in [0.15, 0.2) is 11.4 Å². The molecule has 0 aromatic heterocycles. The Morgan fingerprint density at radius 3 is 2.33 bits per heavy atom. The average Bonchev–Trinajstić information content (AvgIpc) is 2.90. The second kappa shape index (κ2) is 10.5. The summed E-state index contributed by atoms with van der Waals surface area (Å²) >= 11 is 0. The highest BCUT2D eigenvalue weighted by Gasteiger charge is 2.64. The fourth-order valence-corrected chi connectivity index (χ4v) is 6.67. The Kier molecular flexibility index (Phi) is 7.39. The summed E-state index contributed by atoms with van der Waals surface area (Å²) in [4.78, 5) is 40.7. The maximum absolute atomic E-state index is 13.9. The second-order valence-corrected chi connectivity index (χ2v) is 11.4. The Hall–Kier alpha value is -4.20. The van der Waals surface area contributed by atoms with Crippen molar-refractivity contribution in [2.45, 2.75) is 37.2 Å². The lowest BCUT2D eigenvalue weighted by atomic mass is 9.57. The summed E-state index contributed by atoms with van der Waals surface area (Å²) in [5, 5.41) is 47.1. The van der Waals surface area contributed by atoms with Crippen LogP contribution in [0.4, 0.5) is 13.2 Å². The Bertz CT molecular complexity index is 1600. The van der Waals surface area contributed by atoms with Crippen molar-refractivity contribution in [2.75, 3.05) is 20.6 Å². The largest absolute Gasteiger partial charge is 0.508 e. The molecule has 0 bridgehead atoms. The van der Waals surface area contributed by atoms with E-state index in [0.717, 1.165) is 0 Å². The number of aliphatic hydroxyl groups excluding tert-OH is 2. The number of carbonyl (C=O) groups excluding carboxylic acids is 3. The van der Waals surface area contributed by atoms with Crippen LogP contribution in [0.2, 0.25) is 0 Å². The van der Waals surface area contributed by atoms with Crippen LogP contribution in [0, 0.1) is 11.8 Å². The van der Waals surface area contributed by atoms with E-state index in [9.17, 15) is 48.0 Å². The molecule has 0 heterocycles. The topological polar surface area (TPSA) is 173 Å². The molecule has 5 rings (SSSR count). The predicted octanol–water partition coefficient (Wildman–Crippen LogP) is 2.28. The molecule has 0 saturated heterocycles. The number of phenolic OH excluding ortho intramolecular Hbond substituents is 1. The molecule has 10 nitrogen and oxygen atoms in total. The molecular formula is C30H30F3N3O7. The number of nitrogens with two attached hydrogens (primary N) is 1. The molecule has 0 radical (unpaired) electrons. The van der Waals surface area contributed by atoms with Crippen molar-refractivity contribution in [1.29, 1.82) is 0 Å². The fraction of sp³-hybridized carbons (Fsp3) is 0.367. The van der Waals surface area contributed by atoms with Gasteiger partial charge in [-0.1, -0.05) is 30.3 Å². The van der Waals surface area contributed by atoms with Gasteiger partial charge in [-0.15, -0.1) is 0 Å². The first-order valence-corrected chi connectivity index (χ1v) is 13.4. The van der Waals surface area contributed by atoms with Crippen molar-refractivity contribution in [3.05, 3.63) is 70.0 Å². The number of nitrogens with one attached hydrogen (secondary N) is 1. The standard InChI is InChI=1S/C30H30F3N3O7/c1-36(2)23-18-10-15-9-17-16(14-5-3-13(4-6-14)11-35-12-29(31,32)33)7-8-19(37)21(17)24(38)20(15)26(40)30(18,43)27(41)22(25(23)39)28(34)42/h3-8,15,18,23,35,37-38,41,43H,9-12H2,1-2H3,(H2,34,42)/t15-,18-,23-,30-/m0/s1. The SMILES string of the molecule is CN(C)[C@@H]1C(=O)C(C(N)=O)=C(O)[C@@]2(O)C(=O)C3=C(O)c4c(O)ccc(-c5ccc(CNCC(F)(F)F)cc5)c4C[C@H]3C[C@@H]12. The number of phenols is 1. The van der Waals surface area contributed by atoms with Gasteiger partial charge >= 0.3 is 6.18 Å². The number of amides is 1. The van der Waals surface area contributed by atoms with Crippen molar-refractivity contribution in [2.24, 2.45) is 17.6 Å². The molecule has 2 aromatic rings. The lowest BCUT2D eigenvalue weighted by Crippen LogP contribution is -2.65. The van der Waals surface area contributed by atoms with E-state index in [0.29, 0.717) is 22.3 Å². The molecule has 228 valence electrons. The molecule has 43 heavy (non-hydrogen) atoms. The third-order valence-corrected chi connectivity index (χ3v) is 8.52.